The number of nitrogens with one attached hydrogen (secondary N) is 2. The van der Waals surface area contributed by atoms with Gasteiger partial charge in [0.1, 0.15) is 5.01 Å². The van der Waals surface area contributed by atoms with Gasteiger partial charge in [-0.1, -0.05) is 91.8 Å². The Morgan fingerprint density at radius 3 is 2.26 bits per heavy atom. The molecule has 10 nitrogen and oxygen atoms in total. The molecule has 9 unspecified atom stereocenters. The van der Waals surface area contributed by atoms with Crippen LogP contribution in [0.5, 0.6) is 0 Å². The molecule has 0 spiro atoms. The molecule has 1 saturated heterocycles. The number of Topliss-reactive ketones (excluding diaryl/α,β-unsaturated/α-hetero) is 1. The first-order chi connectivity index (χ1) is 25.7. The summed E-state index contributed by atoms with van der Waals surface area (Å²) < 4.78 is 12.3. The maximum Gasteiger partial charge on any atom is 0.226 e. The van der Waals surface area contributed by atoms with E-state index < -0.39 is 12.0 Å². The minimum atomic E-state index is -0.529. The van der Waals surface area contributed by atoms with Crippen LogP contribution < -0.4 is 10.6 Å². The summed E-state index contributed by atoms with van der Waals surface area (Å²) in [5.74, 6) is -0.502. The molecule has 0 saturated carbocycles. The number of aromatic nitrogens is 1. The molecule has 0 bridgehead atoms. The highest BCUT2D eigenvalue weighted by Gasteiger charge is 2.42. The van der Waals surface area contributed by atoms with Crippen LogP contribution in [0.4, 0.5) is 0 Å². The van der Waals surface area contributed by atoms with Gasteiger partial charge < -0.3 is 29.9 Å². The van der Waals surface area contributed by atoms with Crippen molar-refractivity contribution in [3.63, 3.8) is 0 Å². The monoisotopic (exact) mass is 768 g/mol. The number of carbonyl (C=O) groups excluding carboxylic acids is 3. The van der Waals surface area contributed by atoms with Crippen LogP contribution in [-0.4, -0.2) is 97.6 Å². The lowest BCUT2D eigenvalue weighted by molar-refractivity contribution is -0.148. The number of carbonyl (C=O) groups is 3. The number of ketones is 1. The summed E-state index contributed by atoms with van der Waals surface area (Å²) in [5.41, 5.74) is 2.05. The molecule has 1 aromatic carbocycles. The van der Waals surface area contributed by atoms with Gasteiger partial charge in [0.05, 0.1) is 42.8 Å². The zero-order valence-corrected chi connectivity index (χ0v) is 35.7. The number of hydrogen-bond acceptors (Lipinski definition) is 9. The minimum absolute atomic E-state index is 0.0135. The molecular weight excluding hydrogens is 699 g/mol. The summed E-state index contributed by atoms with van der Waals surface area (Å²) in [5, 5.41) is 9.80. The Kier molecular flexibility index (Phi) is 18.3. The van der Waals surface area contributed by atoms with Crippen molar-refractivity contribution in [1.82, 2.24) is 25.4 Å². The van der Waals surface area contributed by atoms with Crippen molar-refractivity contribution in [3.05, 3.63) is 64.8 Å². The standard InChI is InChI=1S/C43H69N5O5S/c1-13-29(6)40(47(10)43(51)33(27(2)3)25-36(49)39(44-9)28(4)5)37(52-11)26-38(50)48-22-17-20-35(48)41(53-12)30(7)31(8)46-34(42-45-21-23-54-42)24-32-18-15-14-16-19-32/h14-16,18-19,21,23,27-30,33-35,37,39-41,44,46H,8,13,17,20,22,24-26H2,1-7,9-12H3. The fourth-order valence-electron chi connectivity index (χ4n) is 8.25. The second kappa shape index (κ2) is 21.8. The van der Waals surface area contributed by atoms with E-state index in [0.29, 0.717) is 6.54 Å². The number of methoxy groups -OCH3 is 2. The van der Waals surface area contributed by atoms with Crippen molar-refractivity contribution in [2.45, 2.75) is 123 Å². The summed E-state index contributed by atoms with van der Waals surface area (Å²) in [6.45, 7) is 19.4. The van der Waals surface area contributed by atoms with Gasteiger partial charge in [0.2, 0.25) is 11.8 Å². The SMILES string of the molecule is C=C(NC(Cc1ccccc1)c1nccs1)C(C)C(OC)C1CCCN1C(=O)CC(OC)C(C(C)CC)N(C)C(=O)C(CC(=O)C(NC)C(C)C)C(C)C. The Balaban J connectivity index is 1.78. The Hall–Kier alpha value is -3.12. The van der Waals surface area contributed by atoms with E-state index in [-0.39, 0.29) is 84.4 Å². The maximum absolute atomic E-state index is 14.3. The van der Waals surface area contributed by atoms with Crippen LogP contribution in [0, 0.1) is 29.6 Å². The van der Waals surface area contributed by atoms with E-state index >= 15 is 0 Å². The third-order valence-electron chi connectivity index (χ3n) is 11.7. The lowest BCUT2D eigenvalue weighted by atomic mass is 9.84. The van der Waals surface area contributed by atoms with Crippen LogP contribution in [0.2, 0.25) is 0 Å². The van der Waals surface area contributed by atoms with Crippen LogP contribution in [-0.2, 0) is 30.3 Å². The minimum Gasteiger partial charge on any atom is -0.379 e. The molecule has 2 amide bonds. The van der Waals surface area contributed by atoms with Gasteiger partial charge in [0, 0.05) is 63.3 Å². The summed E-state index contributed by atoms with van der Waals surface area (Å²) in [6, 6.07) is 9.51. The van der Waals surface area contributed by atoms with Gasteiger partial charge in [0.15, 0.2) is 5.78 Å². The average molecular weight is 768 g/mol. The number of likely N-dealkylation sites (tertiary alicyclic amines) is 1. The largest absolute Gasteiger partial charge is 0.379 e. The third-order valence-corrected chi connectivity index (χ3v) is 12.5. The fraction of sp³-hybridized carbons (Fsp3) is 0.674. The zero-order valence-electron chi connectivity index (χ0n) is 34.8. The van der Waals surface area contributed by atoms with Crippen molar-refractivity contribution in [1.29, 1.82) is 0 Å². The van der Waals surface area contributed by atoms with Crippen LogP contribution in [0.15, 0.2) is 54.2 Å². The van der Waals surface area contributed by atoms with Crippen molar-refractivity contribution in [2.24, 2.45) is 29.6 Å². The molecule has 2 aromatic rings. The predicted octanol–water partition coefficient (Wildman–Crippen LogP) is 6.93. The Bertz CT molecular complexity index is 1450. The maximum atomic E-state index is 14.3. The van der Waals surface area contributed by atoms with E-state index in [1.54, 1.807) is 37.5 Å². The molecule has 9 atom stereocenters. The zero-order chi connectivity index (χ0) is 40.1. The molecule has 2 heterocycles. The lowest BCUT2D eigenvalue weighted by Gasteiger charge is -2.41. The molecule has 0 aliphatic carbocycles. The number of nitrogens with zero attached hydrogens (tertiary/aromatic N) is 3. The molecule has 11 heteroatoms. The molecule has 1 fully saturated rings. The van der Waals surface area contributed by atoms with Crippen LogP contribution in [0.25, 0.3) is 0 Å². The number of amides is 2. The molecule has 3 rings (SSSR count). The van der Waals surface area contributed by atoms with Crippen LogP contribution in [0.3, 0.4) is 0 Å². The van der Waals surface area contributed by atoms with E-state index in [1.165, 1.54) is 5.56 Å². The normalized spacial score (nSPS) is 19.1. The van der Waals surface area contributed by atoms with E-state index in [9.17, 15) is 14.4 Å². The summed E-state index contributed by atoms with van der Waals surface area (Å²) in [4.78, 5) is 50.3. The van der Waals surface area contributed by atoms with Gasteiger partial charge >= 0.3 is 0 Å². The number of rotatable bonds is 23. The number of hydrogen-bond donors (Lipinski definition) is 2. The Labute approximate surface area is 329 Å². The van der Waals surface area contributed by atoms with Gasteiger partial charge in [-0.25, -0.2) is 4.98 Å². The summed E-state index contributed by atoms with van der Waals surface area (Å²) in [7, 11) is 6.94. The molecule has 54 heavy (non-hydrogen) atoms. The van der Waals surface area contributed by atoms with Crippen molar-refractivity contribution in [2.75, 3.05) is 34.9 Å². The molecule has 2 N–H and O–H groups in total. The smallest absolute Gasteiger partial charge is 0.226 e. The topological polar surface area (TPSA) is 113 Å². The van der Waals surface area contributed by atoms with Gasteiger partial charge in [-0.2, -0.15) is 0 Å². The molecule has 302 valence electrons. The number of likely N-dealkylation sites (N-methyl/N-ethyl adjacent to an activating group) is 2. The second-order valence-corrected chi connectivity index (χ2v) is 16.8. The number of thiazole rings is 1. The highest BCUT2D eigenvalue weighted by Crippen LogP contribution is 2.33. The van der Waals surface area contributed by atoms with E-state index in [1.807, 2.05) is 69.4 Å². The first-order valence-electron chi connectivity index (χ1n) is 19.9. The van der Waals surface area contributed by atoms with Gasteiger partial charge in [-0.15, -0.1) is 11.3 Å². The average Bonchev–Trinajstić information content (AvgIpc) is 3.87. The number of ether oxygens (including phenoxy) is 2. The Morgan fingerprint density at radius 1 is 1.04 bits per heavy atom. The lowest BCUT2D eigenvalue weighted by Crippen LogP contribution is -2.54. The molecule has 1 aliphatic heterocycles. The van der Waals surface area contributed by atoms with Crippen molar-refractivity contribution >= 4 is 28.9 Å². The van der Waals surface area contributed by atoms with Gasteiger partial charge in [0.25, 0.3) is 0 Å². The molecule has 0 radical (unpaired) electrons. The fourth-order valence-corrected chi connectivity index (χ4v) is 8.94. The van der Waals surface area contributed by atoms with E-state index in [0.717, 1.165) is 36.4 Å². The van der Waals surface area contributed by atoms with E-state index in [4.69, 9.17) is 9.47 Å². The van der Waals surface area contributed by atoms with Crippen molar-refractivity contribution in [3.8, 4) is 0 Å². The molecule has 1 aliphatic rings. The quantitative estimate of drug-likeness (QED) is 0.125. The van der Waals surface area contributed by atoms with Crippen LogP contribution in [0.1, 0.15) is 97.2 Å². The first-order valence-corrected chi connectivity index (χ1v) is 20.8. The highest BCUT2D eigenvalue weighted by atomic mass is 32.1. The highest BCUT2D eigenvalue weighted by molar-refractivity contribution is 7.09. The molecular formula is C43H69N5O5S. The predicted molar refractivity (Wildman–Crippen MR) is 219 cm³/mol. The number of benzene rings is 1. The van der Waals surface area contributed by atoms with Crippen LogP contribution >= 0.6 is 11.3 Å². The summed E-state index contributed by atoms with van der Waals surface area (Å²) in [6.07, 6.45) is 4.57. The molecule has 1 aromatic heterocycles. The summed E-state index contributed by atoms with van der Waals surface area (Å²) >= 11 is 1.62. The second-order valence-electron chi connectivity index (χ2n) is 15.9. The van der Waals surface area contributed by atoms with Gasteiger partial charge in [-0.3, -0.25) is 14.4 Å². The third kappa shape index (κ3) is 11.7. The van der Waals surface area contributed by atoms with E-state index in [2.05, 4.69) is 55.1 Å². The van der Waals surface area contributed by atoms with Gasteiger partial charge in [-0.05, 0) is 49.6 Å². The Morgan fingerprint density at radius 2 is 1.72 bits per heavy atom. The van der Waals surface area contributed by atoms with Crippen molar-refractivity contribution < 1.29 is 23.9 Å². The first kappa shape index (κ1) is 45.3.